The minimum Gasteiger partial charge on any atom is -0.306 e. The molecular weight excluding hydrogens is 172 g/mol. The molecule has 1 atom stereocenters. The molecule has 1 unspecified atom stereocenters. The van der Waals surface area contributed by atoms with Crippen LogP contribution >= 0.6 is 0 Å². The third-order valence-corrected chi connectivity index (χ3v) is 2.42. The fourth-order valence-corrected chi connectivity index (χ4v) is 1.17. The molecule has 0 amide bonds. The van der Waals surface area contributed by atoms with E-state index in [2.05, 4.69) is 17.9 Å². The van der Waals surface area contributed by atoms with E-state index in [0.29, 0.717) is 11.8 Å². The summed E-state index contributed by atoms with van der Waals surface area (Å²) in [7, 11) is 4.07. The summed E-state index contributed by atoms with van der Waals surface area (Å²) in [5.41, 5.74) is 1.56. The molecule has 14 heavy (non-hydrogen) atoms. The van der Waals surface area contributed by atoms with Crippen molar-refractivity contribution in [1.29, 1.82) is 5.41 Å². The molecule has 1 rings (SSSR count). The Bertz CT molecular complexity index is 290. The molecule has 0 fully saturated rings. The van der Waals surface area contributed by atoms with E-state index in [1.807, 2.05) is 38.4 Å². The highest BCUT2D eigenvalue weighted by molar-refractivity contribution is 5.98. The fourth-order valence-electron chi connectivity index (χ4n) is 1.17. The second kappa shape index (κ2) is 4.91. The minimum atomic E-state index is 0.399. The first-order valence-electron chi connectivity index (χ1n) is 4.82. The molecule has 0 spiro atoms. The molecule has 75 valence electrons. The van der Waals surface area contributed by atoms with Gasteiger partial charge in [0, 0.05) is 23.7 Å². The molecule has 0 bridgehead atoms. The van der Waals surface area contributed by atoms with Gasteiger partial charge in [0.15, 0.2) is 0 Å². The van der Waals surface area contributed by atoms with Crippen molar-refractivity contribution in [1.82, 2.24) is 4.90 Å². The van der Waals surface area contributed by atoms with Gasteiger partial charge >= 0.3 is 0 Å². The van der Waals surface area contributed by atoms with E-state index in [1.165, 1.54) is 0 Å². The summed E-state index contributed by atoms with van der Waals surface area (Å²) in [6.07, 6.45) is 0.771. The van der Waals surface area contributed by atoms with E-state index in [4.69, 9.17) is 5.41 Å². The van der Waals surface area contributed by atoms with Gasteiger partial charge in [-0.1, -0.05) is 24.3 Å². The van der Waals surface area contributed by atoms with E-state index < -0.39 is 0 Å². The van der Waals surface area contributed by atoms with Gasteiger partial charge in [-0.05, 0) is 27.1 Å². The van der Waals surface area contributed by atoms with Crippen LogP contribution in [-0.4, -0.2) is 30.7 Å². The van der Waals surface area contributed by atoms with Crippen molar-refractivity contribution >= 4 is 5.71 Å². The van der Waals surface area contributed by atoms with Crippen molar-refractivity contribution in [2.45, 2.75) is 19.4 Å². The highest BCUT2D eigenvalue weighted by Gasteiger charge is 2.09. The number of hydrogen-bond donors (Lipinski definition) is 1. The summed E-state index contributed by atoms with van der Waals surface area (Å²) in [4.78, 5) is 2.12. The van der Waals surface area contributed by atoms with Gasteiger partial charge in [-0.25, -0.2) is 0 Å². The lowest BCUT2D eigenvalue weighted by Gasteiger charge is -2.19. The van der Waals surface area contributed by atoms with Crippen LogP contribution in [-0.2, 0) is 0 Å². The predicted octanol–water partition coefficient (Wildman–Crippen LogP) is 2.19. The number of rotatable bonds is 4. The van der Waals surface area contributed by atoms with E-state index in [0.717, 1.165) is 12.0 Å². The normalized spacial score (nSPS) is 12.9. The van der Waals surface area contributed by atoms with Gasteiger partial charge in [-0.15, -0.1) is 0 Å². The third-order valence-electron chi connectivity index (χ3n) is 2.42. The zero-order chi connectivity index (χ0) is 10.6. The number of nitrogens with one attached hydrogen (secondary N) is 1. The van der Waals surface area contributed by atoms with Crippen molar-refractivity contribution in [2.75, 3.05) is 14.1 Å². The molecule has 1 N–H and O–H groups in total. The first-order chi connectivity index (χ1) is 6.61. The lowest BCUT2D eigenvalue weighted by molar-refractivity contribution is 0.321. The van der Waals surface area contributed by atoms with E-state index >= 15 is 0 Å². The van der Waals surface area contributed by atoms with Crippen LogP contribution < -0.4 is 0 Å². The quantitative estimate of drug-likeness (QED) is 0.722. The molecule has 0 saturated carbocycles. The Morgan fingerprint density at radius 2 is 2.21 bits per heavy atom. The van der Waals surface area contributed by atoms with Crippen LogP contribution in [0.2, 0.25) is 0 Å². The van der Waals surface area contributed by atoms with Gasteiger partial charge in [-0.2, -0.15) is 0 Å². The summed E-state index contributed by atoms with van der Waals surface area (Å²) in [5, 5.41) is 7.90. The number of hydrogen-bond acceptors (Lipinski definition) is 2. The van der Waals surface area contributed by atoms with E-state index in [1.54, 1.807) is 0 Å². The average Bonchev–Trinajstić information content (AvgIpc) is 2.19. The highest BCUT2D eigenvalue weighted by atomic mass is 15.1. The van der Waals surface area contributed by atoms with Gasteiger partial charge in [0.1, 0.15) is 0 Å². The van der Waals surface area contributed by atoms with Gasteiger partial charge in [-0.3, -0.25) is 0 Å². The number of nitrogens with zero attached hydrogens (tertiary/aromatic N) is 1. The van der Waals surface area contributed by atoms with Gasteiger partial charge < -0.3 is 10.3 Å². The van der Waals surface area contributed by atoms with Crippen LogP contribution in [0.5, 0.6) is 0 Å². The molecule has 1 aromatic carbocycles. The smallest absolute Gasteiger partial charge is 0.0407 e. The molecule has 0 aromatic heterocycles. The summed E-state index contributed by atoms with van der Waals surface area (Å²) < 4.78 is 0. The van der Waals surface area contributed by atoms with Gasteiger partial charge in [0.05, 0.1) is 0 Å². The van der Waals surface area contributed by atoms with Crippen molar-refractivity contribution < 1.29 is 0 Å². The molecule has 2 heteroatoms. The van der Waals surface area contributed by atoms with Crippen LogP contribution in [0.25, 0.3) is 0 Å². The summed E-state index contributed by atoms with van der Waals surface area (Å²) >= 11 is 0. The molecule has 2 nitrogen and oxygen atoms in total. The first kappa shape index (κ1) is 10.9. The second-order valence-electron chi connectivity index (χ2n) is 3.77. The Labute approximate surface area is 86.1 Å². The standard InChI is InChI=1S/C12H17N2/c1-10(14(2)3)9-12(13)11-7-5-4-6-8-11/h4-7,10,13H,9H2,1-3H3. The van der Waals surface area contributed by atoms with Crippen LogP contribution in [0.3, 0.4) is 0 Å². The zero-order valence-electron chi connectivity index (χ0n) is 9.04. The molecule has 0 saturated heterocycles. The molecular formula is C12H17N2. The minimum absolute atomic E-state index is 0.399. The highest BCUT2D eigenvalue weighted by Crippen LogP contribution is 2.06. The van der Waals surface area contributed by atoms with E-state index in [9.17, 15) is 0 Å². The van der Waals surface area contributed by atoms with Crippen LogP contribution in [0.15, 0.2) is 24.3 Å². The van der Waals surface area contributed by atoms with Gasteiger partial charge in [0.25, 0.3) is 0 Å². The average molecular weight is 189 g/mol. The summed E-state index contributed by atoms with van der Waals surface area (Å²) in [6.45, 7) is 2.12. The molecule has 0 aliphatic rings. The summed E-state index contributed by atoms with van der Waals surface area (Å²) in [5.74, 6) is 0. The van der Waals surface area contributed by atoms with Crippen molar-refractivity contribution in [3.05, 3.63) is 35.9 Å². The molecule has 1 aromatic rings. The molecule has 0 heterocycles. The van der Waals surface area contributed by atoms with Crippen LogP contribution in [0, 0.1) is 11.5 Å². The van der Waals surface area contributed by atoms with E-state index in [-0.39, 0.29) is 0 Å². The summed E-state index contributed by atoms with van der Waals surface area (Å²) in [6, 6.07) is 11.1. The predicted molar refractivity (Wildman–Crippen MR) is 59.9 cm³/mol. The Morgan fingerprint density at radius 3 is 2.71 bits per heavy atom. The topological polar surface area (TPSA) is 27.1 Å². The van der Waals surface area contributed by atoms with Crippen molar-refractivity contribution in [3.63, 3.8) is 0 Å². The maximum atomic E-state index is 7.90. The maximum absolute atomic E-state index is 7.90. The zero-order valence-corrected chi connectivity index (χ0v) is 9.04. The van der Waals surface area contributed by atoms with Crippen molar-refractivity contribution in [2.24, 2.45) is 0 Å². The van der Waals surface area contributed by atoms with Crippen molar-refractivity contribution in [3.8, 4) is 0 Å². The Kier molecular flexibility index (Phi) is 3.84. The Morgan fingerprint density at radius 1 is 1.50 bits per heavy atom. The lowest BCUT2D eigenvalue weighted by Crippen LogP contribution is -2.27. The van der Waals surface area contributed by atoms with Crippen LogP contribution in [0.1, 0.15) is 18.9 Å². The molecule has 0 aliphatic carbocycles. The number of benzene rings is 1. The molecule has 0 aliphatic heterocycles. The second-order valence-corrected chi connectivity index (χ2v) is 3.77. The van der Waals surface area contributed by atoms with Gasteiger partial charge in [0.2, 0.25) is 0 Å². The molecule has 1 radical (unpaired) electrons. The third kappa shape index (κ3) is 2.96. The lowest BCUT2D eigenvalue weighted by atomic mass is 10.0. The Balaban J connectivity index is 2.60. The Hall–Kier alpha value is -1.15. The SMILES string of the molecule is CC(CC(=N)c1[c]cccc1)N(C)C. The first-order valence-corrected chi connectivity index (χ1v) is 4.82. The van der Waals surface area contributed by atoms with Crippen LogP contribution in [0.4, 0.5) is 0 Å². The largest absolute Gasteiger partial charge is 0.306 e. The maximum Gasteiger partial charge on any atom is 0.0407 e. The fraction of sp³-hybridized carbons (Fsp3) is 0.417. The monoisotopic (exact) mass is 189 g/mol.